The van der Waals surface area contributed by atoms with Crippen molar-refractivity contribution in [1.82, 2.24) is 15.0 Å². The zero-order valence-corrected chi connectivity index (χ0v) is 11.5. The highest BCUT2D eigenvalue weighted by Crippen LogP contribution is 2.11. The average Bonchev–Trinajstić information content (AvgIpc) is 2.76. The van der Waals surface area contributed by atoms with E-state index < -0.39 is 5.97 Å². The Morgan fingerprint density at radius 1 is 1.32 bits per heavy atom. The summed E-state index contributed by atoms with van der Waals surface area (Å²) in [7, 11) is 0. The SMILES string of the molecule is Cc1cc(C)nc(NCCc2nc(C(=O)O)cs2)n1. The molecule has 0 spiro atoms. The second-order valence-electron chi connectivity index (χ2n) is 4.08. The Hall–Kier alpha value is -2.02. The Morgan fingerprint density at radius 2 is 2.00 bits per heavy atom. The summed E-state index contributed by atoms with van der Waals surface area (Å²) < 4.78 is 0. The van der Waals surface area contributed by atoms with Gasteiger partial charge in [-0.3, -0.25) is 0 Å². The van der Waals surface area contributed by atoms with E-state index in [0.717, 1.165) is 16.4 Å². The largest absolute Gasteiger partial charge is 0.476 e. The molecule has 2 N–H and O–H groups in total. The maximum Gasteiger partial charge on any atom is 0.355 e. The first kappa shape index (κ1) is 13.4. The second kappa shape index (κ2) is 5.75. The number of anilines is 1. The first-order valence-corrected chi connectivity index (χ1v) is 6.66. The van der Waals surface area contributed by atoms with E-state index in [-0.39, 0.29) is 5.69 Å². The minimum atomic E-state index is -0.992. The van der Waals surface area contributed by atoms with Gasteiger partial charge in [-0.1, -0.05) is 0 Å². The summed E-state index contributed by atoms with van der Waals surface area (Å²) in [6.45, 7) is 4.45. The Morgan fingerprint density at radius 3 is 2.58 bits per heavy atom. The molecule has 0 aliphatic carbocycles. The summed E-state index contributed by atoms with van der Waals surface area (Å²) in [5.41, 5.74) is 1.93. The van der Waals surface area contributed by atoms with Gasteiger partial charge in [0, 0.05) is 29.7 Å². The number of hydrogen-bond acceptors (Lipinski definition) is 6. The van der Waals surface area contributed by atoms with Crippen LogP contribution in [0.2, 0.25) is 0 Å². The standard InChI is InChI=1S/C12H14N4O2S/c1-7-5-8(2)15-12(14-7)13-4-3-10-16-9(6-19-10)11(17)18/h5-6H,3-4H2,1-2H3,(H,17,18)(H,13,14,15). The van der Waals surface area contributed by atoms with Crippen LogP contribution in [0, 0.1) is 13.8 Å². The highest BCUT2D eigenvalue weighted by molar-refractivity contribution is 7.09. The van der Waals surface area contributed by atoms with Gasteiger partial charge in [0.15, 0.2) is 5.69 Å². The number of carboxylic acid groups (broad SMARTS) is 1. The van der Waals surface area contributed by atoms with Crippen LogP contribution < -0.4 is 5.32 Å². The molecule has 2 rings (SSSR count). The topological polar surface area (TPSA) is 88.0 Å². The van der Waals surface area contributed by atoms with E-state index in [1.807, 2.05) is 19.9 Å². The molecule has 0 aliphatic heterocycles. The van der Waals surface area contributed by atoms with Crippen molar-refractivity contribution in [3.05, 3.63) is 33.5 Å². The molecule has 2 aromatic heterocycles. The van der Waals surface area contributed by atoms with E-state index in [1.165, 1.54) is 11.3 Å². The first-order valence-electron chi connectivity index (χ1n) is 5.78. The minimum Gasteiger partial charge on any atom is -0.476 e. The van der Waals surface area contributed by atoms with Crippen LogP contribution in [0.4, 0.5) is 5.95 Å². The Labute approximate surface area is 114 Å². The van der Waals surface area contributed by atoms with Crippen molar-refractivity contribution < 1.29 is 9.90 Å². The monoisotopic (exact) mass is 278 g/mol. The van der Waals surface area contributed by atoms with Crippen LogP contribution in [0.15, 0.2) is 11.4 Å². The third kappa shape index (κ3) is 3.72. The molecule has 0 saturated carbocycles. The first-order chi connectivity index (χ1) is 9.04. The van der Waals surface area contributed by atoms with Crippen molar-refractivity contribution >= 4 is 23.3 Å². The molecule has 6 nitrogen and oxygen atoms in total. The third-order valence-corrected chi connectivity index (χ3v) is 3.28. The maximum absolute atomic E-state index is 10.7. The number of thiazole rings is 1. The second-order valence-corrected chi connectivity index (χ2v) is 5.03. The average molecular weight is 278 g/mol. The molecule has 2 heterocycles. The molecular weight excluding hydrogens is 264 g/mol. The molecule has 0 bridgehead atoms. The molecule has 0 amide bonds. The van der Waals surface area contributed by atoms with Crippen molar-refractivity contribution in [3.8, 4) is 0 Å². The number of aromatic carboxylic acids is 1. The van der Waals surface area contributed by atoms with Gasteiger partial charge in [-0.15, -0.1) is 11.3 Å². The van der Waals surface area contributed by atoms with Crippen LogP contribution in [-0.4, -0.2) is 32.6 Å². The lowest BCUT2D eigenvalue weighted by molar-refractivity contribution is 0.0691. The number of nitrogens with one attached hydrogen (secondary N) is 1. The van der Waals surface area contributed by atoms with E-state index in [0.29, 0.717) is 18.9 Å². The summed E-state index contributed by atoms with van der Waals surface area (Å²) in [4.78, 5) is 23.2. The number of hydrogen-bond donors (Lipinski definition) is 2. The Bertz CT molecular complexity index is 577. The number of rotatable bonds is 5. The van der Waals surface area contributed by atoms with Crippen LogP contribution in [0.1, 0.15) is 26.9 Å². The van der Waals surface area contributed by atoms with Crippen LogP contribution >= 0.6 is 11.3 Å². The quantitative estimate of drug-likeness (QED) is 0.868. The molecule has 0 aromatic carbocycles. The zero-order chi connectivity index (χ0) is 13.8. The third-order valence-electron chi connectivity index (χ3n) is 2.38. The molecule has 0 saturated heterocycles. The highest BCUT2D eigenvalue weighted by atomic mass is 32.1. The number of aryl methyl sites for hydroxylation is 2. The van der Waals surface area contributed by atoms with Crippen LogP contribution in [0.5, 0.6) is 0 Å². The molecule has 0 unspecified atom stereocenters. The molecule has 0 aliphatic rings. The van der Waals surface area contributed by atoms with Crippen LogP contribution in [-0.2, 0) is 6.42 Å². The van der Waals surface area contributed by atoms with Crippen molar-refractivity contribution in [3.63, 3.8) is 0 Å². The van der Waals surface area contributed by atoms with Crippen LogP contribution in [0.25, 0.3) is 0 Å². The highest BCUT2D eigenvalue weighted by Gasteiger charge is 2.08. The molecule has 100 valence electrons. The summed E-state index contributed by atoms with van der Waals surface area (Å²) in [6, 6.07) is 1.91. The summed E-state index contributed by atoms with van der Waals surface area (Å²) in [5, 5.41) is 14.2. The summed E-state index contributed by atoms with van der Waals surface area (Å²) in [6.07, 6.45) is 0.647. The van der Waals surface area contributed by atoms with Gasteiger partial charge in [0.1, 0.15) is 0 Å². The molecular formula is C12H14N4O2S. The lowest BCUT2D eigenvalue weighted by atomic mass is 10.3. The predicted octanol–water partition coefficient (Wildman–Crippen LogP) is 1.90. The minimum absolute atomic E-state index is 0.0997. The Kier molecular flexibility index (Phi) is 4.06. The number of nitrogens with zero attached hydrogens (tertiary/aromatic N) is 3. The van der Waals surface area contributed by atoms with Gasteiger partial charge >= 0.3 is 5.97 Å². The van der Waals surface area contributed by atoms with Gasteiger partial charge in [-0.2, -0.15) is 0 Å². The van der Waals surface area contributed by atoms with Crippen molar-refractivity contribution in [2.45, 2.75) is 20.3 Å². The van der Waals surface area contributed by atoms with Crippen molar-refractivity contribution in [1.29, 1.82) is 0 Å². The van der Waals surface area contributed by atoms with Gasteiger partial charge in [0.05, 0.1) is 5.01 Å². The Balaban J connectivity index is 1.90. The lowest BCUT2D eigenvalue weighted by Crippen LogP contribution is -2.09. The number of aromatic nitrogens is 3. The van der Waals surface area contributed by atoms with E-state index in [1.54, 1.807) is 5.38 Å². The van der Waals surface area contributed by atoms with Crippen molar-refractivity contribution in [2.75, 3.05) is 11.9 Å². The van der Waals surface area contributed by atoms with E-state index >= 15 is 0 Å². The predicted molar refractivity (Wildman–Crippen MR) is 72.8 cm³/mol. The molecule has 7 heteroatoms. The van der Waals surface area contributed by atoms with Gasteiger partial charge in [0.25, 0.3) is 0 Å². The van der Waals surface area contributed by atoms with Gasteiger partial charge < -0.3 is 10.4 Å². The van der Waals surface area contributed by atoms with Gasteiger partial charge in [-0.05, 0) is 19.9 Å². The normalized spacial score (nSPS) is 10.4. The molecule has 0 fully saturated rings. The number of carboxylic acids is 1. The van der Waals surface area contributed by atoms with Gasteiger partial charge in [-0.25, -0.2) is 19.7 Å². The maximum atomic E-state index is 10.7. The smallest absolute Gasteiger partial charge is 0.355 e. The van der Waals surface area contributed by atoms with E-state index in [4.69, 9.17) is 5.11 Å². The van der Waals surface area contributed by atoms with E-state index in [9.17, 15) is 4.79 Å². The summed E-state index contributed by atoms with van der Waals surface area (Å²) in [5.74, 6) is -0.402. The van der Waals surface area contributed by atoms with Gasteiger partial charge in [0.2, 0.25) is 5.95 Å². The summed E-state index contributed by atoms with van der Waals surface area (Å²) >= 11 is 1.35. The molecule has 2 aromatic rings. The molecule has 0 atom stereocenters. The fraction of sp³-hybridized carbons (Fsp3) is 0.333. The lowest BCUT2D eigenvalue weighted by Gasteiger charge is -2.05. The molecule has 0 radical (unpaired) electrons. The van der Waals surface area contributed by atoms with Crippen molar-refractivity contribution in [2.24, 2.45) is 0 Å². The van der Waals surface area contributed by atoms with Crippen LogP contribution in [0.3, 0.4) is 0 Å². The zero-order valence-electron chi connectivity index (χ0n) is 10.7. The fourth-order valence-corrected chi connectivity index (χ4v) is 2.38. The molecule has 19 heavy (non-hydrogen) atoms. The fourth-order valence-electron chi connectivity index (χ4n) is 1.61. The van der Waals surface area contributed by atoms with E-state index in [2.05, 4.69) is 20.3 Å². The number of carbonyl (C=O) groups is 1.